The Labute approximate surface area is 212 Å². The minimum Gasteiger partial charge on any atom is -0.354 e. The summed E-state index contributed by atoms with van der Waals surface area (Å²) in [7, 11) is 0. The van der Waals surface area contributed by atoms with Gasteiger partial charge in [-0.05, 0) is 55.3 Å². The van der Waals surface area contributed by atoms with E-state index in [1.165, 1.54) is 30.3 Å². The predicted octanol–water partition coefficient (Wildman–Crippen LogP) is 5.98. The molecule has 0 amide bonds. The molecule has 4 aromatic rings. The zero-order valence-electron chi connectivity index (χ0n) is 21.0. The molecule has 0 aliphatic heterocycles. The smallest absolute Gasteiger partial charge is 0.256 e. The number of hydrogen-bond acceptors (Lipinski definition) is 5. The largest absolute Gasteiger partial charge is 0.354 e. The first kappa shape index (κ1) is 26.1. The number of pyridine rings is 1. The van der Waals surface area contributed by atoms with E-state index in [0.29, 0.717) is 41.6 Å². The zero-order valence-corrected chi connectivity index (χ0v) is 21.0. The molecule has 0 spiro atoms. The number of fused-ring (bicyclic) bond motifs is 1. The van der Waals surface area contributed by atoms with E-state index in [1.54, 1.807) is 13.0 Å². The summed E-state index contributed by atoms with van der Waals surface area (Å²) in [5, 5.41) is 3.41. The Bertz CT molecular complexity index is 1540. The number of hydrogen-bond donors (Lipinski definition) is 1. The molecule has 9 heteroatoms. The van der Waals surface area contributed by atoms with E-state index in [-0.39, 0.29) is 17.4 Å². The summed E-state index contributed by atoms with van der Waals surface area (Å²) >= 11 is 0. The Morgan fingerprint density at radius 2 is 1.70 bits per heavy atom. The highest BCUT2D eigenvalue weighted by molar-refractivity contribution is 5.93. The van der Waals surface area contributed by atoms with Gasteiger partial charge in [0.25, 0.3) is 5.56 Å². The van der Waals surface area contributed by atoms with Crippen LogP contribution in [0.25, 0.3) is 28.0 Å². The lowest BCUT2D eigenvalue weighted by molar-refractivity contribution is -0.126. The van der Waals surface area contributed by atoms with Gasteiger partial charge in [0.2, 0.25) is 5.95 Å². The number of Topliss-reactive ketones (excluding diaryl/α,β-unsaturated/α-hetero) is 1. The average Bonchev–Trinajstić information content (AvgIpc) is 2.82. The molecule has 0 saturated heterocycles. The number of halogens is 3. The highest BCUT2D eigenvalue weighted by atomic mass is 19.1. The molecule has 2 aromatic carbocycles. The molecule has 0 aliphatic carbocycles. The van der Waals surface area contributed by atoms with Crippen molar-refractivity contribution >= 4 is 22.8 Å². The van der Waals surface area contributed by atoms with Crippen LogP contribution >= 0.6 is 0 Å². The maximum atomic E-state index is 14.8. The number of aryl methyl sites for hydroxylation is 1. The molecule has 0 aliphatic rings. The number of nitrogens with one attached hydrogen (secondary N) is 1. The van der Waals surface area contributed by atoms with E-state index >= 15 is 0 Å². The fourth-order valence-corrected chi connectivity index (χ4v) is 4.04. The molecule has 192 valence electrons. The average molecular weight is 509 g/mol. The van der Waals surface area contributed by atoms with Crippen molar-refractivity contribution in [3.05, 3.63) is 81.9 Å². The Hall–Kier alpha value is -4.01. The van der Waals surface area contributed by atoms with E-state index in [4.69, 9.17) is 0 Å². The first-order valence-electron chi connectivity index (χ1n) is 11.9. The van der Waals surface area contributed by atoms with Gasteiger partial charge < -0.3 is 5.32 Å². The monoisotopic (exact) mass is 508 g/mol. The van der Waals surface area contributed by atoms with Crippen molar-refractivity contribution < 1.29 is 18.0 Å². The molecule has 0 unspecified atom stereocenters. The maximum absolute atomic E-state index is 14.8. The quantitative estimate of drug-likeness (QED) is 0.311. The molecule has 0 atom stereocenters. The van der Waals surface area contributed by atoms with Crippen molar-refractivity contribution in [2.24, 2.45) is 5.41 Å². The van der Waals surface area contributed by atoms with Crippen LogP contribution in [0.2, 0.25) is 0 Å². The number of para-hydroxylation sites is 1. The van der Waals surface area contributed by atoms with Crippen molar-refractivity contribution in [2.45, 2.75) is 40.5 Å². The van der Waals surface area contributed by atoms with Gasteiger partial charge in [0.1, 0.15) is 28.9 Å². The number of ketones is 1. The van der Waals surface area contributed by atoms with Gasteiger partial charge in [0.05, 0.1) is 5.69 Å². The zero-order chi connectivity index (χ0) is 26.9. The number of rotatable bonds is 7. The molecular weight excluding hydrogens is 481 g/mol. The SMILES string of the molecule is Cc1cc(F)ccc1-c1nc(NCCCC(=O)C(C)(C)C)nc2c1ccc(=O)n2-c1c(F)cccc1F. The van der Waals surface area contributed by atoms with Crippen LogP contribution in [0.1, 0.15) is 39.2 Å². The number of benzene rings is 2. The van der Waals surface area contributed by atoms with Crippen molar-refractivity contribution in [1.29, 1.82) is 0 Å². The number of carbonyl (C=O) groups is 1. The molecule has 37 heavy (non-hydrogen) atoms. The lowest BCUT2D eigenvalue weighted by atomic mass is 9.88. The maximum Gasteiger partial charge on any atom is 0.256 e. The van der Waals surface area contributed by atoms with Gasteiger partial charge in [0.15, 0.2) is 5.65 Å². The van der Waals surface area contributed by atoms with Crippen LogP contribution in [0.15, 0.2) is 53.3 Å². The van der Waals surface area contributed by atoms with Gasteiger partial charge in [-0.3, -0.25) is 14.2 Å². The number of nitrogens with zero attached hydrogens (tertiary/aromatic N) is 3. The van der Waals surface area contributed by atoms with Crippen molar-refractivity contribution in [2.75, 3.05) is 11.9 Å². The first-order chi connectivity index (χ1) is 17.5. The summed E-state index contributed by atoms with van der Waals surface area (Å²) in [4.78, 5) is 34.2. The van der Waals surface area contributed by atoms with E-state index in [0.717, 1.165) is 16.7 Å². The van der Waals surface area contributed by atoms with E-state index < -0.39 is 34.1 Å². The van der Waals surface area contributed by atoms with E-state index in [1.807, 2.05) is 20.8 Å². The van der Waals surface area contributed by atoms with Gasteiger partial charge in [-0.1, -0.05) is 26.8 Å². The topological polar surface area (TPSA) is 76.9 Å². The second-order valence-corrected chi connectivity index (χ2v) is 9.87. The van der Waals surface area contributed by atoms with E-state index in [2.05, 4.69) is 15.3 Å². The standard InChI is InChI=1S/C28H27F3N4O2/c1-16-15-17(29)10-11-18(16)24-19-12-13-23(37)35(25-20(30)7-5-8-21(25)31)26(19)34-27(33-24)32-14-6-9-22(36)28(2,3)4/h5,7-8,10-13,15H,6,9,14H2,1-4H3,(H,32,33,34). The molecule has 4 rings (SSSR count). The summed E-state index contributed by atoms with van der Waals surface area (Å²) in [6, 6.07) is 10.2. The van der Waals surface area contributed by atoms with Gasteiger partial charge >= 0.3 is 0 Å². The minimum atomic E-state index is -0.928. The third-order valence-corrected chi connectivity index (χ3v) is 6.06. The summed E-state index contributed by atoms with van der Waals surface area (Å²) in [5.74, 6) is -2.07. The summed E-state index contributed by atoms with van der Waals surface area (Å²) in [5.41, 5.74) is -0.193. The van der Waals surface area contributed by atoms with Crippen LogP contribution in [-0.4, -0.2) is 26.9 Å². The first-order valence-corrected chi connectivity index (χ1v) is 11.9. The van der Waals surface area contributed by atoms with Crippen LogP contribution in [0, 0.1) is 29.8 Å². The van der Waals surface area contributed by atoms with Gasteiger partial charge in [-0.2, -0.15) is 4.98 Å². The molecular formula is C28H27F3N4O2. The van der Waals surface area contributed by atoms with Crippen LogP contribution in [0.5, 0.6) is 0 Å². The van der Waals surface area contributed by atoms with Gasteiger partial charge in [0, 0.05) is 35.4 Å². The van der Waals surface area contributed by atoms with E-state index in [9.17, 15) is 22.8 Å². The van der Waals surface area contributed by atoms with Crippen molar-refractivity contribution in [3.8, 4) is 16.9 Å². The molecule has 1 N–H and O–H groups in total. The predicted molar refractivity (Wildman–Crippen MR) is 137 cm³/mol. The molecule has 2 aromatic heterocycles. The lowest BCUT2D eigenvalue weighted by Crippen LogP contribution is -2.22. The molecule has 6 nitrogen and oxygen atoms in total. The summed E-state index contributed by atoms with van der Waals surface area (Å²) < 4.78 is 44.2. The number of anilines is 1. The molecule has 2 heterocycles. The Kier molecular flexibility index (Phi) is 7.16. The van der Waals surface area contributed by atoms with Crippen LogP contribution in [0.4, 0.5) is 19.1 Å². The Morgan fingerprint density at radius 1 is 1.00 bits per heavy atom. The Balaban J connectivity index is 1.88. The molecule has 0 radical (unpaired) electrons. The highest BCUT2D eigenvalue weighted by Gasteiger charge is 2.22. The third-order valence-electron chi connectivity index (χ3n) is 6.06. The van der Waals surface area contributed by atoms with Crippen molar-refractivity contribution in [1.82, 2.24) is 14.5 Å². The second kappa shape index (κ2) is 10.2. The summed E-state index contributed by atoms with van der Waals surface area (Å²) in [6.45, 7) is 7.62. The molecule has 0 saturated carbocycles. The van der Waals surface area contributed by atoms with Gasteiger partial charge in [-0.25, -0.2) is 18.2 Å². The number of aromatic nitrogens is 3. The fraction of sp³-hybridized carbons (Fsp3) is 0.286. The normalized spacial score (nSPS) is 11.6. The van der Waals surface area contributed by atoms with Crippen LogP contribution in [-0.2, 0) is 4.79 Å². The minimum absolute atomic E-state index is 0.0153. The fourth-order valence-electron chi connectivity index (χ4n) is 4.04. The third kappa shape index (κ3) is 5.40. The molecule has 0 fully saturated rings. The lowest BCUT2D eigenvalue weighted by Gasteiger charge is -2.17. The molecule has 0 bridgehead atoms. The summed E-state index contributed by atoms with van der Waals surface area (Å²) in [6.07, 6.45) is 0.852. The van der Waals surface area contributed by atoms with Crippen LogP contribution < -0.4 is 10.9 Å². The van der Waals surface area contributed by atoms with Crippen LogP contribution in [0.3, 0.4) is 0 Å². The second-order valence-electron chi connectivity index (χ2n) is 9.87. The van der Waals surface area contributed by atoms with Crippen molar-refractivity contribution in [3.63, 3.8) is 0 Å². The Morgan fingerprint density at radius 3 is 2.35 bits per heavy atom. The highest BCUT2D eigenvalue weighted by Crippen LogP contribution is 2.31. The number of carbonyl (C=O) groups excluding carboxylic acids is 1. The van der Waals surface area contributed by atoms with Gasteiger partial charge in [-0.15, -0.1) is 0 Å².